The maximum atomic E-state index is 12.3. The Kier molecular flexibility index (Phi) is 3.32. The second-order valence-corrected chi connectivity index (χ2v) is 8.55. The van der Waals surface area contributed by atoms with E-state index in [1.54, 1.807) is 4.31 Å². The molecule has 0 bridgehead atoms. The Bertz CT molecular complexity index is 442. The van der Waals surface area contributed by atoms with Crippen molar-refractivity contribution in [2.24, 2.45) is 0 Å². The summed E-state index contributed by atoms with van der Waals surface area (Å²) >= 11 is 12.4. The van der Waals surface area contributed by atoms with Gasteiger partial charge in [-0.15, -0.1) is 0 Å². The van der Waals surface area contributed by atoms with Crippen molar-refractivity contribution in [2.75, 3.05) is 0 Å². The number of rotatable bonds is 2. The molecule has 1 heterocycles. The molecule has 2 rings (SSSR count). The van der Waals surface area contributed by atoms with Crippen LogP contribution in [0, 0.1) is 0 Å². The topological polar surface area (TPSA) is 20.1 Å². The number of hydrogen-bond acceptors (Lipinski definition) is 1. The lowest BCUT2D eigenvalue weighted by Crippen LogP contribution is -2.28. The third kappa shape index (κ3) is 2.39. The van der Waals surface area contributed by atoms with Crippen LogP contribution in [0.15, 0.2) is 30.3 Å². The zero-order valence-electron chi connectivity index (χ0n) is 9.98. The molecule has 2 unspecified atom stereocenters. The van der Waals surface area contributed by atoms with E-state index in [2.05, 4.69) is 0 Å². The van der Waals surface area contributed by atoms with E-state index >= 15 is 0 Å². The first-order valence-corrected chi connectivity index (χ1v) is 7.26. The molecule has 1 aliphatic rings. The lowest BCUT2D eigenvalue weighted by atomic mass is 10.2. The van der Waals surface area contributed by atoms with Crippen LogP contribution >= 0.6 is 23.2 Å². The molecule has 94 valence electrons. The monoisotopic (exact) mass is 291 g/mol. The molecule has 0 aliphatic carbocycles. The average Bonchev–Trinajstić information content (AvgIpc) is 2.80. The van der Waals surface area contributed by atoms with Gasteiger partial charge in [0.05, 0.1) is 10.8 Å². The SMILES string of the molecule is CC(C)(C)S(=O)N1[C@@H](c2ccccc2)C1(Cl)Cl. The maximum Gasteiger partial charge on any atom is 0.203 e. The van der Waals surface area contributed by atoms with Gasteiger partial charge in [0.1, 0.15) is 11.0 Å². The number of hydrogen-bond donors (Lipinski definition) is 0. The molecule has 17 heavy (non-hydrogen) atoms. The van der Waals surface area contributed by atoms with Crippen LogP contribution in [0.1, 0.15) is 32.4 Å². The molecule has 1 aromatic rings. The van der Waals surface area contributed by atoms with Gasteiger partial charge in [0.15, 0.2) is 0 Å². The van der Waals surface area contributed by atoms with Crippen LogP contribution in [0.3, 0.4) is 0 Å². The predicted octanol–water partition coefficient (Wildman–Crippen LogP) is 3.64. The standard InChI is InChI=1S/C12H15Cl2NOS/c1-11(2,3)17(16)15-10(12(15,13)14)9-7-5-4-6-8-9/h4-8,10H,1-3H3/t10-,15?,17?/m0/s1. The summed E-state index contributed by atoms with van der Waals surface area (Å²) in [6.45, 7) is 5.73. The first-order valence-electron chi connectivity index (χ1n) is 5.40. The van der Waals surface area contributed by atoms with Crippen molar-refractivity contribution < 1.29 is 4.21 Å². The van der Waals surface area contributed by atoms with Gasteiger partial charge in [-0.3, -0.25) is 0 Å². The predicted molar refractivity (Wildman–Crippen MR) is 73.4 cm³/mol. The van der Waals surface area contributed by atoms with Crippen molar-refractivity contribution in [2.45, 2.75) is 36.0 Å². The molecule has 0 N–H and O–H groups in total. The van der Waals surface area contributed by atoms with Crippen LogP contribution in [0.25, 0.3) is 0 Å². The molecule has 1 fully saturated rings. The van der Waals surface area contributed by atoms with E-state index in [9.17, 15) is 4.21 Å². The Labute approximate surface area is 114 Å². The average molecular weight is 292 g/mol. The fraction of sp³-hybridized carbons (Fsp3) is 0.500. The lowest BCUT2D eigenvalue weighted by molar-refractivity contribution is 0.603. The molecule has 1 aliphatic heterocycles. The van der Waals surface area contributed by atoms with Crippen molar-refractivity contribution in [3.63, 3.8) is 0 Å². The fourth-order valence-corrected chi connectivity index (χ4v) is 4.06. The molecule has 5 heteroatoms. The van der Waals surface area contributed by atoms with Crippen molar-refractivity contribution >= 4 is 34.2 Å². The van der Waals surface area contributed by atoms with Gasteiger partial charge in [-0.2, -0.15) is 4.31 Å². The molecule has 0 radical (unpaired) electrons. The van der Waals surface area contributed by atoms with Crippen molar-refractivity contribution in [1.29, 1.82) is 0 Å². The summed E-state index contributed by atoms with van der Waals surface area (Å²) in [5.41, 5.74) is 0.995. The number of benzene rings is 1. The molecular formula is C12H15Cl2NOS. The zero-order valence-corrected chi connectivity index (χ0v) is 12.3. The fourth-order valence-electron chi connectivity index (χ4n) is 1.70. The zero-order chi connectivity index (χ0) is 12.8. The smallest absolute Gasteiger partial charge is 0.203 e. The second kappa shape index (κ2) is 4.23. The molecule has 0 saturated carbocycles. The van der Waals surface area contributed by atoms with Crippen LogP contribution in [-0.2, 0) is 11.0 Å². The molecule has 0 spiro atoms. The van der Waals surface area contributed by atoms with Gasteiger partial charge in [0.25, 0.3) is 0 Å². The summed E-state index contributed by atoms with van der Waals surface area (Å²) in [5, 5.41) is 0. The molecule has 1 saturated heterocycles. The number of alkyl halides is 2. The quantitative estimate of drug-likeness (QED) is 0.463. The second-order valence-electron chi connectivity index (χ2n) is 5.09. The first kappa shape index (κ1) is 13.3. The summed E-state index contributed by atoms with van der Waals surface area (Å²) in [5.74, 6) is 0. The van der Waals surface area contributed by atoms with Crippen molar-refractivity contribution in [1.82, 2.24) is 4.31 Å². The van der Waals surface area contributed by atoms with Gasteiger partial charge >= 0.3 is 0 Å². The summed E-state index contributed by atoms with van der Waals surface area (Å²) in [4.78, 5) is 0. The Balaban J connectivity index is 2.26. The van der Waals surface area contributed by atoms with Gasteiger partial charge in [-0.1, -0.05) is 53.5 Å². The first-order chi connectivity index (χ1) is 7.76. The van der Waals surface area contributed by atoms with E-state index in [1.165, 1.54) is 0 Å². The van der Waals surface area contributed by atoms with E-state index in [0.717, 1.165) is 5.56 Å². The highest BCUT2D eigenvalue weighted by atomic mass is 35.5. The van der Waals surface area contributed by atoms with Gasteiger partial charge in [0, 0.05) is 0 Å². The largest absolute Gasteiger partial charge is 0.242 e. The highest BCUT2D eigenvalue weighted by Crippen LogP contribution is 2.61. The molecule has 0 amide bonds. The number of halogens is 2. The minimum absolute atomic E-state index is 0.188. The molecule has 3 atom stereocenters. The highest BCUT2D eigenvalue weighted by Gasteiger charge is 2.66. The Morgan fingerprint density at radius 1 is 1.24 bits per heavy atom. The van der Waals surface area contributed by atoms with Gasteiger partial charge in [0.2, 0.25) is 4.46 Å². The minimum atomic E-state index is -1.21. The molecule has 1 aromatic carbocycles. The van der Waals surface area contributed by atoms with Gasteiger partial charge in [-0.05, 0) is 26.3 Å². The Morgan fingerprint density at radius 2 is 1.76 bits per heavy atom. The minimum Gasteiger partial charge on any atom is -0.242 e. The molecule has 0 aromatic heterocycles. The maximum absolute atomic E-state index is 12.3. The normalized spacial score (nSPS) is 28.8. The van der Waals surface area contributed by atoms with E-state index in [0.29, 0.717) is 0 Å². The third-order valence-corrected chi connectivity index (χ3v) is 5.49. The van der Waals surface area contributed by atoms with Crippen LogP contribution in [0.2, 0.25) is 0 Å². The van der Waals surface area contributed by atoms with Crippen LogP contribution in [-0.4, -0.2) is 17.7 Å². The summed E-state index contributed by atoms with van der Waals surface area (Å²) < 4.78 is 12.5. The van der Waals surface area contributed by atoms with Crippen molar-refractivity contribution in [3.8, 4) is 0 Å². The molecular weight excluding hydrogens is 277 g/mol. The van der Waals surface area contributed by atoms with Crippen LogP contribution in [0.4, 0.5) is 0 Å². The Morgan fingerprint density at radius 3 is 2.24 bits per heavy atom. The summed E-state index contributed by atoms with van der Waals surface area (Å²) in [7, 11) is -1.21. The van der Waals surface area contributed by atoms with E-state index < -0.39 is 15.4 Å². The van der Waals surface area contributed by atoms with Crippen LogP contribution in [0.5, 0.6) is 0 Å². The third-order valence-electron chi connectivity index (χ3n) is 2.61. The summed E-state index contributed by atoms with van der Waals surface area (Å²) in [6, 6.07) is 9.49. The van der Waals surface area contributed by atoms with Crippen LogP contribution < -0.4 is 0 Å². The Hall–Kier alpha value is -0.0900. The molecule has 2 nitrogen and oxygen atoms in total. The van der Waals surface area contributed by atoms with E-state index in [1.807, 2.05) is 51.1 Å². The van der Waals surface area contributed by atoms with E-state index in [4.69, 9.17) is 23.2 Å². The summed E-state index contributed by atoms with van der Waals surface area (Å²) in [6.07, 6.45) is 0. The lowest BCUT2D eigenvalue weighted by Gasteiger charge is -2.18. The van der Waals surface area contributed by atoms with E-state index in [-0.39, 0.29) is 10.8 Å². The number of nitrogens with zero attached hydrogens (tertiary/aromatic N) is 1. The highest BCUT2D eigenvalue weighted by molar-refractivity contribution is 7.84. The van der Waals surface area contributed by atoms with Gasteiger partial charge in [-0.25, -0.2) is 4.21 Å². The van der Waals surface area contributed by atoms with Crippen molar-refractivity contribution in [3.05, 3.63) is 35.9 Å². The van der Waals surface area contributed by atoms with Gasteiger partial charge < -0.3 is 0 Å².